The molecular weight excluding hydrogens is 399 g/mol. The lowest BCUT2D eigenvalue weighted by atomic mass is 10.2. The van der Waals surface area contributed by atoms with E-state index in [-0.39, 0.29) is 0 Å². The third-order valence-electron chi connectivity index (χ3n) is 3.16. The van der Waals surface area contributed by atoms with Crippen molar-refractivity contribution in [2.45, 2.75) is 49.5 Å². The van der Waals surface area contributed by atoms with E-state index in [9.17, 15) is 4.79 Å². The van der Waals surface area contributed by atoms with E-state index in [0.717, 1.165) is 9.90 Å². The first-order chi connectivity index (χ1) is 11.6. The van der Waals surface area contributed by atoms with Crippen LogP contribution in [0.4, 0.5) is 4.79 Å². The molecule has 8 heteroatoms. The number of thioether (sulfide) groups is 1. The normalized spacial score (nSPS) is 14.0. The van der Waals surface area contributed by atoms with Crippen molar-refractivity contribution in [1.29, 1.82) is 0 Å². The lowest BCUT2D eigenvalue weighted by molar-refractivity contribution is 0.0490. The SMILES string of the molecule is CCC(NC(=O)OC(C)(C)C)(Sc1cc(Cl)ccc1Cl)c1nccs1. The van der Waals surface area contributed by atoms with Crippen LogP contribution in [-0.2, 0) is 9.61 Å². The van der Waals surface area contributed by atoms with Crippen LogP contribution in [0.1, 0.15) is 39.1 Å². The predicted octanol–water partition coefficient (Wildman–Crippen LogP) is 6.33. The first-order valence-corrected chi connectivity index (χ1v) is 10.2. The maximum Gasteiger partial charge on any atom is 0.409 e. The van der Waals surface area contributed by atoms with E-state index < -0.39 is 16.6 Å². The number of hydrogen-bond donors (Lipinski definition) is 1. The Kier molecular flexibility index (Phi) is 6.65. The zero-order chi connectivity index (χ0) is 18.7. The Bertz CT molecular complexity index is 733. The summed E-state index contributed by atoms with van der Waals surface area (Å²) in [7, 11) is 0. The highest BCUT2D eigenvalue weighted by molar-refractivity contribution is 8.00. The van der Waals surface area contributed by atoms with Crippen LogP contribution in [-0.4, -0.2) is 16.7 Å². The van der Waals surface area contributed by atoms with Gasteiger partial charge in [0.15, 0.2) is 0 Å². The fourth-order valence-corrected chi connectivity index (χ4v) is 4.71. The first kappa shape index (κ1) is 20.4. The number of thiazole rings is 1. The molecule has 4 nitrogen and oxygen atoms in total. The third-order valence-corrected chi connectivity index (χ3v) is 6.39. The van der Waals surface area contributed by atoms with Crippen LogP contribution in [0.3, 0.4) is 0 Å². The molecule has 0 saturated heterocycles. The van der Waals surface area contributed by atoms with E-state index in [2.05, 4.69) is 10.3 Å². The molecule has 1 N–H and O–H groups in total. The smallest absolute Gasteiger partial charge is 0.409 e. The van der Waals surface area contributed by atoms with Crippen molar-refractivity contribution in [1.82, 2.24) is 10.3 Å². The topological polar surface area (TPSA) is 51.2 Å². The Morgan fingerprint density at radius 1 is 1.36 bits per heavy atom. The lowest BCUT2D eigenvalue weighted by Crippen LogP contribution is -2.45. The summed E-state index contributed by atoms with van der Waals surface area (Å²) in [5.41, 5.74) is -0.592. The molecule has 0 aliphatic heterocycles. The van der Waals surface area contributed by atoms with Crippen molar-refractivity contribution in [2.24, 2.45) is 0 Å². The van der Waals surface area contributed by atoms with E-state index in [4.69, 9.17) is 27.9 Å². The van der Waals surface area contributed by atoms with Gasteiger partial charge in [-0.1, -0.05) is 41.9 Å². The molecule has 0 aliphatic carbocycles. The summed E-state index contributed by atoms with van der Waals surface area (Å²) in [6, 6.07) is 5.25. The van der Waals surface area contributed by atoms with Crippen molar-refractivity contribution in [3.8, 4) is 0 Å². The summed E-state index contributed by atoms with van der Waals surface area (Å²) in [6.45, 7) is 7.45. The van der Waals surface area contributed by atoms with Crippen LogP contribution < -0.4 is 5.32 Å². The highest BCUT2D eigenvalue weighted by Crippen LogP contribution is 2.45. The average Bonchev–Trinajstić information content (AvgIpc) is 3.03. The fraction of sp³-hybridized carbons (Fsp3) is 0.412. The van der Waals surface area contributed by atoms with Crippen molar-refractivity contribution in [2.75, 3.05) is 0 Å². The molecule has 1 atom stereocenters. The van der Waals surface area contributed by atoms with Crippen molar-refractivity contribution >= 4 is 52.4 Å². The number of amides is 1. The monoisotopic (exact) mass is 418 g/mol. The lowest BCUT2D eigenvalue weighted by Gasteiger charge is -2.32. The summed E-state index contributed by atoms with van der Waals surface area (Å²) < 4.78 is 5.44. The van der Waals surface area contributed by atoms with E-state index in [1.165, 1.54) is 23.1 Å². The second kappa shape index (κ2) is 8.16. The molecule has 136 valence electrons. The largest absolute Gasteiger partial charge is 0.444 e. The average molecular weight is 419 g/mol. The number of alkyl carbamates (subject to hydrolysis) is 1. The highest BCUT2D eigenvalue weighted by Gasteiger charge is 2.38. The standard InChI is InChI=1S/C17H20Cl2N2O2S2/c1-5-17(14-20-8-9-24-14,21-15(22)23-16(2,3)4)25-13-10-11(18)6-7-12(13)19/h6-10H,5H2,1-4H3,(H,21,22). The number of nitrogens with zero attached hydrogens (tertiary/aromatic N) is 1. The van der Waals surface area contributed by atoms with Crippen LogP contribution in [0.25, 0.3) is 0 Å². The molecule has 0 spiro atoms. The molecule has 2 aromatic rings. The summed E-state index contributed by atoms with van der Waals surface area (Å²) in [4.78, 5) is 16.8. The Morgan fingerprint density at radius 2 is 2.08 bits per heavy atom. The van der Waals surface area contributed by atoms with Gasteiger partial charge in [0.25, 0.3) is 0 Å². The van der Waals surface area contributed by atoms with Gasteiger partial charge >= 0.3 is 6.09 Å². The number of ether oxygens (including phenoxy) is 1. The Labute approximate surface area is 166 Å². The van der Waals surface area contributed by atoms with Gasteiger partial charge in [-0.25, -0.2) is 9.78 Å². The van der Waals surface area contributed by atoms with Crippen LogP contribution in [0.5, 0.6) is 0 Å². The second-order valence-electron chi connectivity index (χ2n) is 6.32. The van der Waals surface area contributed by atoms with Gasteiger partial charge < -0.3 is 10.1 Å². The number of carbonyl (C=O) groups excluding carboxylic acids is 1. The molecule has 0 aliphatic rings. The van der Waals surface area contributed by atoms with Gasteiger partial charge in [-0.15, -0.1) is 11.3 Å². The molecule has 0 fully saturated rings. The van der Waals surface area contributed by atoms with E-state index in [1.807, 2.05) is 33.1 Å². The third kappa shape index (κ3) is 5.51. The summed E-state index contributed by atoms with van der Waals surface area (Å²) >= 11 is 15.3. The zero-order valence-corrected chi connectivity index (χ0v) is 17.6. The fourth-order valence-electron chi connectivity index (χ4n) is 2.07. The maximum atomic E-state index is 12.4. The molecular formula is C17H20Cl2N2O2S2. The van der Waals surface area contributed by atoms with Crippen LogP contribution in [0.2, 0.25) is 10.0 Å². The molecule has 0 saturated carbocycles. The van der Waals surface area contributed by atoms with E-state index in [1.54, 1.807) is 24.4 Å². The number of rotatable bonds is 5. The Morgan fingerprint density at radius 3 is 2.64 bits per heavy atom. The van der Waals surface area contributed by atoms with Gasteiger partial charge in [0.1, 0.15) is 15.5 Å². The summed E-state index contributed by atoms with van der Waals surface area (Å²) in [5.74, 6) is 0. The van der Waals surface area contributed by atoms with Crippen LogP contribution in [0.15, 0.2) is 34.7 Å². The van der Waals surface area contributed by atoms with Gasteiger partial charge in [-0.2, -0.15) is 0 Å². The molecule has 1 unspecified atom stereocenters. The minimum absolute atomic E-state index is 0.504. The highest BCUT2D eigenvalue weighted by atomic mass is 35.5. The number of nitrogens with one attached hydrogen (secondary N) is 1. The van der Waals surface area contributed by atoms with Gasteiger partial charge in [0.2, 0.25) is 0 Å². The second-order valence-corrected chi connectivity index (χ2v) is 9.40. The van der Waals surface area contributed by atoms with Crippen molar-refractivity contribution < 1.29 is 9.53 Å². The maximum absolute atomic E-state index is 12.4. The quantitative estimate of drug-likeness (QED) is 0.455. The first-order valence-electron chi connectivity index (χ1n) is 7.70. The van der Waals surface area contributed by atoms with Crippen molar-refractivity contribution in [3.05, 3.63) is 44.8 Å². The number of halogens is 2. The van der Waals surface area contributed by atoms with Gasteiger partial charge in [0, 0.05) is 21.5 Å². The molecule has 0 radical (unpaired) electrons. The van der Waals surface area contributed by atoms with E-state index >= 15 is 0 Å². The predicted molar refractivity (Wildman–Crippen MR) is 106 cm³/mol. The van der Waals surface area contributed by atoms with Gasteiger partial charge in [-0.3, -0.25) is 0 Å². The number of carbonyl (C=O) groups is 1. The van der Waals surface area contributed by atoms with Crippen LogP contribution >= 0.6 is 46.3 Å². The number of hydrogen-bond acceptors (Lipinski definition) is 5. The molecule has 1 heterocycles. The number of aromatic nitrogens is 1. The molecule has 0 bridgehead atoms. The van der Waals surface area contributed by atoms with E-state index in [0.29, 0.717) is 16.5 Å². The van der Waals surface area contributed by atoms with Gasteiger partial charge in [0.05, 0.1) is 5.02 Å². The molecule has 2 rings (SSSR count). The Balaban J connectivity index is 2.38. The summed E-state index contributed by atoms with van der Waals surface area (Å²) in [6.07, 6.45) is 1.80. The van der Waals surface area contributed by atoms with Gasteiger partial charge in [-0.05, 0) is 45.4 Å². The molecule has 25 heavy (non-hydrogen) atoms. The molecule has 1 amide bonds. The summed E-state index contributed by atoms with van der Waals surface area (Å²) in [5, 5.41) is 6.76. The molecule has 1 aromatic carbocycles. The number of benzene rings is 1. The molecule has 1 aromatic heterocycles. The minimum Gasteiger partial charge on any atom is -0.444 e. The zero-order valence-electron chi connectivity index (χ0n) is 14.4. The van der Waals surface area contributed by atoms with Crippen molar-refractivity contribution in [3.63, 3.8) is 0 Å². The van der Waals surface area contributed by atoms with Crippen LogP contribution in [0, 0.1) is 0 Å². The minimum atomic E-state index is -0.801. The Hall–Kier alpha value is -0.950.